The minimum absolute atomic E-state index is 0.0263. The molecule has 0 fully saturated rings. The van der Waals surface area contributed by atoms with Crippen molar-refractivity contribution in [1.29, 1.82) is 5.26 Å². The van der Waals surface area contributed by atoms with Crippen LogP contribution in [0, 0.1) is 21.4 Å². The fourth-order valence-electron chi connectivity index (χ4n) is 2.00. The van der Waals surface area contributed by atoms with Crippen LogP contribution in [-0.4, -0.2) is 19.0 Å². The molecule has 0 atom stereocenters. The third-order valence-electron chi connectivity index (χ3n) is 3.21. The fourth-order valence-corrected chi connectivity index (χ4v) is 2.00. The summed E-state index contributed by atoms with van der Waals surface area (Å²) in [6, 6.07) is 15.9. The van der Waals surface area contributed by atoms with E-state index in [0.29, 0.717) is 11.1 Å². The summed E-state index contributed by atoms with van der Waals surface area (Å²) in [4.78, 5) is 12.3. The third kappa shape index (κ3) is 3.49. The van der Waals surface area contributed by atoms with Crippen molar-refractivity contribution in [3.8, 4) is 6.07 Å². The van der Waals surface area contributed by atoms with Crippen molar-refractivity contribution in [3.63, 3.8) is 0 Å². The molecule has 22 heavy (non-hydrogen) atoms. The van der Waals surface area contributed by atoms with Crippen molar-refractivity contribution in [2.45, 2.75) is 0 Å². The van der Waals surface area contributed by atoms with Gasteiger partial charge < -0.3 is 4.90 Å². The average Bonchev–Trinajstić information content (AvgIpc) is 2.53. The summed E-state index contributed by atoms with van der Waals surface area (Å²) in [5, 5.41) is 20.1. The van der Waals surface area contributed by atoms with E-state index < -0.39 is 4.92 Å². The van der Waals surface area contributed by atoms with Crippen LogP contribution in [0.2, 0.25) is 0 Å². The average molecular weight is 293 g/mol. The van der Waals surface area contributed by atoms with Crippen LogP contribution in [0.4, 0.5) is 11.4 Å². The number of non-ortho nitro benzene ring substituents is 1. The molecule has 0 unspecified atom stereocenters. The number of allylic oxidation sites excluding steroid dienone is 1. The standard InChI is InChI=1S/C17H15N3O2/c1-19(2)16-8-6-13(7-9-16)10-15(12-18)14-4-3-5-17(11-14)20(21)22/h3-11H,1-2H3/b15-10+. The number of rotatable bonds is 4. The molecular formula is C17H15N3O2. The van der Waals surface area contributed by atoms with Crippen molar-refractivity contribution in [1.82, 2.24) is 0 Å². The molecule has 0 saturated heterocycles. The van der Waals surface area contributed by atoms with E-state index >= 15 is 0 Å². The first-order chi connectivity index (χ1) is 10.5. The van der Waals surface area contributed by atoms with E-state index in [1.54, 1.807) is 18.2 Å². The Morgan fingerprint density at radius 3 is 2.45 bits per heavy atom. The second-order valence-electron chi connectivity index (χ2n) is 4.96. The highest BCUT2D eigenvalue weighted by atomic mass is 16.6. The van der Waals surface area contributed by atoms with E-state index in [1.807, 2.05) is 43.3 Å². The lowest BCUT2D eigenvalue weighted by atomic mass is 10.0. The Bertz CT molecular complexity index is 756. The molecule has 0 radical (unpaired) electrons. The van der Waals surface area contributed by atoms with E-state index in [-0.39, 0.29) is 5.69 Å². The number of hydrogen-bond acceptors (Lipinski definition) is 4. The van der Waals surface area contributed by atoms with Gasteiger partial charge in [-0.05, 0) is 29.3 Å². The zero-order valence-electron chi connectivity index (χ0n) is 12.4. The molecule has 5 nitrogen and oxygen atoms in total. The molecule has 2 aromatic rings. The van der Waals surface area contributed by atoms with E-state index in [2.05, 4.69) is 6.07 Å². The lowest BCUT2D eigenvalue weighted by Crippen LogP contribution is -2.07. The summed E-state index contributed by atoms with van der Waals surface area (Å²) < 4.78 is 0. The smallest absolute Gasteiger partial charge is 0.270 e. The number of hydrogen-bond donors (Lipinski definition) is 0. The summed E-state index contributed by atoms with van der Waals surface area (Å²) in [5.74, 6) is 0. The van der Waals surface area contributed by atoms with Crippen molar-refractivity contribution in [2.24, 2.45) is 0 Å². The summed E-state index contributed by atoms with van der Waals surface area (Å²) in [5.41, 5.74) is 2.83. The maximum absolute atomic E-state index is 10.8. The molecule has 0 N–H and O–H groups in total. The van der Waals surface area contributed by atoms with Gasteiger partial charge in [0.05, 0.1) is 16.6 Å². The van der Waals surface area contributed by atoms with Crippen molar-refractivity contribution in [2.75, 3.05) is 19.0 Å². The van der Waals surface area contributed by atoms with E-state index in [0.717, 1.165) is 11.3 Å². The van der Waals surface area contributed by atoms with Crippen LogP contribution >= 0.6 is 0 Å². The molecule has 110 valence electrons. The molecular weight excluding hydrogens is 278 g/mol. The predicted octanol–water partition coefficient (Wildman–Crippen LogP) is 3.72. The SMILES string of the molecule is CN(C)c1ccc(/C=C(\C#N)c2cccc([N+](=O)[O-])c2)cc1. The maximum Gasteiger partial charge on any atom is 0.270 e. The maximum atomic E-state index is 10.8. The number of nitro groups is 1. The van der Waals surface area contributed by atoms with Crippen LogP contribution in [0.5, 0.6) is 0 Å². The van der Waals surface area contributed by atoms with Gasteiger partial charge in [0.2, 0.25) is 0 Å². The summed E-state index contributed by atoms with van der Waals surface area (Å²) >= 11 is 0. The lowest BCUT2D eigenvalue weighted by molar-refractivity contribution is -0.384. The molecule has 0 heterocycles. The van der Waals surface area contributed by atoms with Gasteiger partial charge >= 0.3 is 0 Å². The highest BCUT2D eigenvalue weighted by Crippen LogP contribution is 2.23. The fraction of sp³-hybridized carbons (Fsp3) is 0.118. The van der Waals surface area contributed by atoms with Gasteiger partial charge in [-0.15, -0.1) is 0 Å². The minimum atomic E-state index is -0.468. The monoisotopic (exact) mass is 293 g/mol. The molecule has 5 heteroatoms. The van der Waals surface area contributed by atoms with Gasteiger partial charge in [0.15, 0.2) is 0 Å². The number of benzene rings is 2. The minimum Gasteiger partial charge on any atom is -0.378 e. The number of anilines is 1. The zero-order valence-corrected chi connectivity index (χ0v) is 12.4. The van der Waals surface area contributed by atoms with Crippen LogP contribution in [0.25, 0.3) is 11.6 Å². The molecule has 0 aromatic heterocycles. The van der Waals surface area contributed by atoms with E-state index in [9.17, 15) is 15.4 Å². The van der Waals surface area contributed by atoms with Crippen LogP contribution < -0.4 is 4.90 Å². The molecule has 2 rings (SSSR count). The van der Waals surface area contributed by atoms with E-state index in [4.69, 9.17) is 0 Å². The Kier molecular flexibility index (Phi) is 4.54. The first kappa shape index (κ1) is 15.3. The predicted molar refractivity (Wildman–Crippen MR) is 87.3 cm³/mol. The first-order valence-electron chi connectivity index (χ1n) is 6.65. The van der Waals surface area contributed by atoms with Gasteiger partial charge in [0.1, 0.15) is 0 Å². The Morgan fingerprint density at radius 1 is 1.23 bits per heavy atom. The molecule has 0 aliphatic rings. The normalized spacial score (nSPS) is 10.9. The lowest BCUT2D eigenvalue weighted by Gasteiger charge is -2.11. The topological polar surface area (TPSA) is 70.2 Å². The Morgan fingerprint density at radius 2 is 1.91 bits per heavy atom. The van der Waals surface area contributed by atoms with Gasteiger partial charge in [-0.1, -0.05) is 24.3 Å². The third-order valence-corrected chi connectivity index (χ3v) is 3.21. The highest BCUT2D eigenvalue weighted by Gasteiger charge is 2.08. The highest BCUT2D eigenvalue weighted by molar-refractivity contribution is 5.90. The van der Waals surface area contributed by atoms with Gasteiger partial charge in [-0.2, -0.15) is 5.26 Å². The largest absolute Gasteiger partial charge is 0.378 e. The molecule has 0 spiro atoms. The summed E-state index contributed by atoms with van der Waals surface area (Å²) in [6.07, 6.45) is 1.72. The molecule has 0 aliphatic carbocycles. The Labute approximate surface area is 128 Å². The number of nitrogens with zero attached hydrogens (tertiary/aromatic N) is 3. The summed E-state index contributed by atoms with van der Waals surface area (Å²) in [7, 11) is 3.91. The second kappa shape index (κ2) is 6.55. The Balaban J connectivity index is 2.37. The quantitative estimate of drug-likeness (QED) is 0.373. The number of nitriles is 1. The molecule has 0 aliphatic heterocycles. The van der Waals surface area contributed by atoms with Gasteiger partial charge in [-0.25, -0.2) is 0 Å². The van der Waals surface area contributed by atoms with Crippen LogP contribution in [0.3, 0.4) is 0 Å². The second-order valence-corrected chi connectivity index (χ2v) is 4.96. The van der Waals surface area contributed by atoms with Gasteiger partial charge in [0.25, 0.3) is 5.69 Å². The van der Waals surface area contributed by atoms with Crippen molar-refractivity contribution in [3.05, 3.63) is 69.8 Å². The molecule has 0 bridgehead atoms. The van der Waals surface area contributed by atoms with Gasteiger partial charge in [-0.3, -0.25) is 10.1 Å². The summed E-state index contributed by atoms with van der Waals surface area (Å²) in [6.45, 7) is 0. The van der Waals surface area contributed by atoms with Crippen LogP contribution in [0.1, 0.15) is 11.1 Å². The van der Waals surface area contributed by atoms with Gasteiger partial charge in [0, 0.05) is 31.9 Å². The van der Waals surface area contributed by atoms with Crippen molar-refractivity contribution >= 4 is 23.0 Å². The van der Waals surface area contributed by atoms with Crippen LogP contribution in [0.15, 0.2) is 48.5 Å². The molecule has 2 aromatic carbocycles. The first-order valence-corrected chi connectivity index (χ1v) is 6.65. The van der Waals surface area contributed by atoms with Crippen molar-refractivity contribution < 1.29 is 4.92 Å². The zero-order chi connectivity index (χ0) is 16.1. The van der Waals surface area contributed by atoms with Crippen LogP contribution in [-0.2, 0) is 0 Å². The number of nitro benzene ring substituents is 1. The molecule has 0 amide bonds. The van der Waals surface area contributed by atoms with E-state index in [1.165, 1.54) is 12.1 Å². The Hall–Kier alpha value is -3.13. The molecule has 0 saturated carbocycles.